The Bertz CT molecular complexity index is 629. The number of hydrogen-bond acceptors (Lipinski definition) is 2. The average molecular weight is 400 g/mol. The summed E-state index contributed by atoms with van der Waals surface area (Å²) >= 11 is 3.30. The second-order valence-electron chi connectivity index (χ2n) is 7.67. The SMILES string of the molecule is O=C(NC12CC3CC(CC(C3)C1)C2)c1cc(Br)ccc1OC(F)F. The fourth-order valence-corrected chi connectivity index (χ4v) is 5.81. The van der Waals surface area contributed by atoms with Gasteiger partial charge in [0.1, 0.15) is 5.75 Å². The zero-order valence-electron chi connectivity index (χ0n) is 13.2. The number of benzene rings is 1. The minimum absolute atomic E-state index is 0.0737. The molecule has 0 radical (unpaired) electrons. The van der Waals surface area contributed by atoms with Crippen LogP contribution in [-0.2, 0) is 0 Å². The van der Waals surface area contributed by atoms with Crippen LogP contribution in [0.2, 0.25) is 0 Å². The van der Waals surface area contributed by atoms with Crippen molar-refractivity contribution in [2.24, 2.45) is 17.8 Å². The zero-order chi connectivity index (χ0) is 16.9. The Morgan fingerprint density at radius 1 is 1.17 bits per heavy atom. The van der Waals surface area contributed by atoms with Crippen LogP contribution in [0.15, 0.2) is 22.7 Å². The molecule has 0 unspecified atom stereocenters. The van der Waals surface area contributed by atoms with Gasteiger partial charge in [-0.3, -0.25) is 4.79 Å². The monoisotopic (exact) mass is 399 g/mol. The summed E-state index contributed by atoms with van der Waals surface area (Å²) in [6.45, 7) is -2.95. The third-order valence-electron chi connectivity index (χ3n) is 5.82. The van der Waals surface area contributed by atoms with E-state index in [0.29, 0.717) is 22.2 Å². The van der Waals surface area contributed by atoms with E-state index in [-0.39, 0.29) is 22.8 Å². The molecule has 4 aliphatic carbocycles. The van der Waals surface area contributed by atoms with Crippen LogP contribution in [0.25, 0.3) is 0 Å². The van der Waals surface area contributed by atoms with Crippen molar-refractivity contribution in [3.8, 4) is 5.75 Å². The number of halogens is 3. The molecule has 4 saturated carbocycles. The van der Waals surface area contributed by atoms with Gasteiger partial charge in [0, 0.05) is 10.0 Å². The van der Waals surface area contributed by atoms with Gasteiger partial charge >= 0.3 is 6.61 Å². The van der Waals surface area contributed by atoms with Gasteiger partial charge < -0.3 is 10.1 Å². The summed E-state index contributed by atoms with van der Waals surface area (Å²) in [7, 11) is 0. The molecule has 4 fully saturated rings. The van der Waals surface area contributed by atoms with Crippen LogP contribution in [0.1, 0.15) is 48.9 Å². The molecule has 24 heavy (non-hydrogen) atoms. The largest absolute Gasteiger partial charge is 0.434 e. The van der Waals surface area contributed by atoms with E-state index in [1.807, 2.05) is 0 Å². The molecule has 1 aromatic rings. The lowest BCUT2D eigenvalue weighted by molar-refractivity contribution is -0.0503. The summed E-state index contributed by atoms with van der Waals surface area (Å²) in [4.78, 5) is 12.8. The molecular formula is C18H20BrF2NO2. The Labute approximate surface area is 148 Å². The first-order valence-corrected chi connectivity index (χ1v) is 9.29. The fraction of sp³-hybridized carbons (Fsp3) is 0.611. The molecule has 0 spiro atoms. The minimum Gasteiger partial charge on any atom is -0.434 e. The van der Waals surface area contributed by atoms with Crippen LogP contribution in [-0.4, -0.2) is 18.1 Å². The third-order valence-corrected chi connectivity index (χ3v) is 6.31. The van der Waals surface area contributed by atoms with E-state index in [0.717, 1.165) is 19.3 Å². The van der Waals surface area contributed by atoms with Gasteiger partial charge in [-0.25, -0.2) is 0 Å². The van der Waals surface area contributed by atoms with Crippen LogP contribution in [0.5, 0.6) is 5.75 Å². The summed E-state index contributed by atoms with van der Waals surface area (Å²) in [6, 6.07) is 4.55. The van der Waals surface area contributed by atoms with Crippen molar-refractivity contribution in [1.29, 1.82) is 0 Å². The van der Waals surface area contributed by atoms with Gasteiger partial charge in [-0.1, -0.05) is 15.9 Å². The van der Waals surface area contributed by atoms with Gasteiger partial charge in [0.2, 0.25) is 0 Å². The molecule has 130 valence electrons. The molecule has 6 heteroatoms. The van der Waals surface area contributed by atoms with E-state index >= 15 is 0 Å². The lowest BCUT2D eigenvalue weighted by atomic mass is 9.53. The maximum atomic E-state index is 12.8. The lowest BCUT2D eigenvalue weighted by Gasteiger charge is -2.56. The molecule has 3 nitrogen and oxygen atoms in total. The first-order chi connectivity index (χ1) is 11.4. The number of hydrogen-bond donors (Lipinski definition) is 1. The van der Waals surface area contributed by atoms with Crippen molar-refractivity contribution in [3.63, 3.8) is 0 Å². The van der Waals surface area contributed by atoms with E-state index in [1.54, 1.807) is 12.1 Å². The molecule has 0 atom stereocenters. The average Bonchev–Trinajstić information content (AvgIpc) is 2.46. The van der Waals surface area contributed by atoms with Crippen molar-refractivity contribution in [2.45, 2.75) is 50.7 Å². The van der Waals surface area contributed by atoms with Crippen LogP contribution < -0.4 is 10.1 Å². The number of alkyl halides is 2. The number of carbonyl (C=O) groups excluding carboxylic acids is 1. The summed E-state index contributed by atoms with van der Waals surface area (Å²) in [5.41, 5.74) is 0.0106. The van der Waals surface area contributed by atoms with E-state index in [2.05, 4.69) is 26.0 Å². The number of amides is 1. The van der Waals surface area contributed by atoms with Gasteiger partial charge in [0.15, 0.2) is 0 Å². The zero-order valence-corrected chi connectivity index (χ0v) is 14.8. The maximum absolute atomic E-state index is 12.8. The van der Waals surface area contributed by atoms with E-state index in [9.17, 15) is 13.6 Å². The van der Waals surface area contributed by atoms with E-state index in [4.69, 9.17) is 0 Å². The number of ether oxygens (including phenoxy) is 1. The van der Waals surface area contributed by atoms with Gasteiger partial charge in [0.25, 0.3) is 5.91 Å². The molecule has 4 bridgehead atoms. The Hall–Kier alpha value is -1.17. The van der Waals surface area contributed by atoms with Crippen molar-refractivity contribution < 1.29 is 18.3 Å². The normalized spacial score (nSPS) is 33.8. The van der Waals surface area contributed by atoms with Crippen molar-refractivity contribution in [2.75, 3.05) is 0 Å². The van der Waals surface area contributed by atoms with Gasteiger partial charge in [-0.2, -0.15) is 8.78 Å². The molecule has 4 aliphatic rings. The molecule has 0 saturated heterocycles. The predicted octanol–water partition coefficient (Wildman–Crippen LogP) is 4.75. The third kappa shape index (κ3) is 3.05. The highest BCUT2D eigenvalue weighted by atomic mass is 79.9. The maximum Gasteiger partial charge on any atom is 0.387 e. The van der Waals surface area contributed by atoms with E-state index in [1.165, 1.54) is 25.3 Å². The van der Waals surface area contributed by atoms with E-state index < -0.39 is 6.61 Å². The summed E-state index contributed by atoms with van der Waals surface area (Å²) in [5.74, 6) is 1.73. The highest BCUT2D eigenvalue weighted by Crippen LogP contribution is 2.55. The molecule has 1 amide bonds. The van der Waals surface area contributed by atoms with Crippen LogP contribution in [0, 0.1) is 17.8 Å². The quantitative estimate of drug-likeness (QED) is 0.793. The van der Waals surface area contributed by atoms with Crippen molar-refractivity contribution in [1.82, 2.24) is 5.32 Å². The molecule has 0 aliphatic heterocycles. The van der Waals surface area contributed by atoms with Gasteiger partial charge in [-0.05, 0) is 74.5 Å². The topological polar surface area (TPSA) is 38.3 Å². The van der Waals surface area contributed by atoms with Crippen LogP contribution >= 0.6 is 15.9 Å². The van der Waals surface area contributed by atoms with Crippen LogP contribution in [0.4, 0.5) is 8.78 Å². The molecule has 1 N–H and O–H groups in total. The van der Waals surface area contributed by atoms with Gasteiger partial charge in [-0.15, -0.1) is 0 Å². The Balaban J connectivity index is 1.57. The molecule has 0 heterocycles. The summed E-state index contributed by atoms with van der Waals surface area (Å²) in [6.07, 6.45) is 6.90. The standard InChI is InChI=1S/C18H20BrF2NO2/c19-13-1-2-15(24-17(20)21)14(6-13)16(23)22-18-7-10-3-11(8-18)5-12(4-10)9-18/h1-2,6,10-12,17H,3-5,7-9H2,(H,22,23). The Morgan fingerprint density at radius 2 is 1.75 bits per heavy atom. The highest BCUT2D eigenvalue weighted by molar-refractivity contribution is 9.10. The first-order valence-electron chi connectivity index (χ1n) is 8.49. The highest BCUT2D eigenvalue weighted by Gasteiger charge is 2.51. The smallest absolute Gasteiger partial charge is 0.387 e. The van der Waals surface area contributed by atoms with Gasteiger partial charge in [0.05, 0.1) is 5.56 Å². The molecule has 1 aromatic carbocycles. The Kier molecular flexibility index (Phi) is 4.06. The lowest BCUT2D eigenvalue weighted by Crippen LogP contribution is -2.59. The fourth-order valence-electron chi connectivity index (χ4n) is 5.45. The second-order valence-corrected chi connectivity index (χ2v) is 8.59. The van der Waals surface area contributed by atoms with Crippen LogP contribution in [0.3, 0.4) is 0 Å². The summed E-state index contributed by atoms with van der Waals surface area (Å²) < 4.78 is 30.4. The Morgan fingerprint density at radius 3 is 2.29 bits per heavy atom. The molecular weight excluding hydrogens is 380 g/mol. The van der Waals surface area contributed by atoms with Crippen molar-refractivity contribution >= 4 is 21.8 Å². The second kappa shape index (κ2) is 5.97. The minimum atomic E-state index is -2.95. The predicted molar refractivity (Wildman–Crippen MR) is 89.1 cm³/mol. The molecule has 5 rings (SSSR count). The number of rotatable bonds is 4. The number of carbonyl (C=O) groups is 1. The summed E-state index contributed by atoms with van der Waals surface area (Å²) in [5, 5.41) is 3.20. The number of nitrogens with one attached hydrogen (secondary N) is 1. The van der Waals surface area contributed by atoms with Crippen molar-refractivity contribution in [3.05, 3.63) is 28.2 Å². The first kappa shape index (κ1) is 16.3. The molecule has 0 aromatic heterocycles.